The first-order valence-corrected chi connectivity index (χ1v) is 10.9. The highest BCUT2D eigenvalue weighted by Crippen LogP contribution is 2.27. The van der Waals surface area contributed by atoms with E-state index in [1.54, 1.807) is 14.0 Å². The van der Waals surface area contributed by atoms with Crippen LogP contribution in [0.15, 0.2) is 34.7 Å². The van der Waals surface area contributed by atoms with Gasteiger partial charge in [0.15, 0.2) is 10.2 Å². The van der Waals surface area contributed by atoms with Crippen molar-refractivity contribution in [3.8, 4) is 5.75 Å². The predicted octanol–water partition coefficient (Wildman–Crippen LogP) is 3.78. The molecule has 2 aromatic rings. The minimum Gasteiger partial charge on any atom is -0.406 e. The average molecular weight is 454 g/mol. The number of alkyl halides is 3. The third kappa shape index (κ3) is 7.46. The van der Waals surface area contributed by atoms with Gasteiger partial charge in [-0.25, -0.2) is 18.1 Å². The van der Waals surface area contributed by atoms with Gasteiger partial charge in [0.2, 0.25) is 0 Å². The summed E-state index contributed by atoms with van der Waals surface area (Å²) in [6.07, 6.45) is -4.75. The molecule has 0 amide bonds. The van der Waals surface area contributed by atoms with Gasteiger partial charge in [-0.3, -0.25) is 0 Å². The van der Waals surface area contributed by atoms with Gasteiger partial charge in [0.1, 0.15) is 5.75 Å². The number of methoxy groups -OCH3 is 1. The standard InChI is InChI=1S/C17H22F3N3O4S2/c1-11(9-26-3)8-21-29(24,25)15-10-28-16(23-15)22-12(2)13-4-6-14(7-5-13)27-17(18,19)20/h4-7,10-12,21H,8-9H2,1-3H3,(H,22,23). The molecule has 0 saturated heterocycles. The monoisotopic (exact) mass is 453 g/mol. The second kappa shape index (κ2) is 9.74. The molecule has 0 aliphatic rings. The molecule has 2 unspecified atom stereocenters. The molecule has 0 saturated carbocycles. The lowest BCUT2D eigenvalue weighted by Gasteiger charge is -2.14. The molecule has 2 atom stereocenters. The van der Waals surface area contributed by atoms with Gasteiger partial charge in [-0.15, -0.1) is 24.5 Å². The molecule has 0 aliphatic heterocycles. The number of halogens is 3. The van der Waals surface area contributed by atoms with Crippen LogP contribution in [0.4, 0.5) is 18.3 Å². The maximum Gasteiger partial charge on any atom is 0.573 e. The summed E-state index contributed by atoms with van der Waals surface area (Å²) < 4.78 is 72.6. The quantitative estimate of drug-likeness (QED) is 0.569. The molecule has 0 spiro atoms. The molecule has 0 aliphatic carbocycles. The highest BCUT2D eigenvalue weighted by molar-refractivity contribution is 7.89. The van der Waals surface area contributed by atoms with Crippen molar-refractivity contribution < 1.29 is 31.1 Å². The Morgan fingerprint density at radius 2 is 1.86 bits per heavy atom. The number of rotatable bonds is 10. The number of nitrogens with one attached hydrogen (secondary N) is 2. The topological polar surface area (TPSA) is 89.5 Å². The summed E-state index contributed by atoms with van der Waals surface area (Å²) in [6, 6.07) is 5.09. The molecule has 0 radical (unpaired) electrons. The van der Waals surface area contributed by atoms with Gasteiger partial charge in [0.05, 0.1) is 6.04 Å². The fourth-order valence-electron chi connectivity index (χ4n) is 2.34. The van der Waals surface area contributed by atoms with Crippen LogP contribution in [0.25, 0.3) is 0 Å². The van der Waals surface area contributed by atoms with Crippen LogP contribution >= 0.6 is 11.3 Å². The van der Waals surface area contributed by atoms with E-state index in [4.69, 9.17) is 4.74 Å². The van der Waals surface area contributed by atoms with Crippen LogP contribution in [-0.4, -0.2) is 40.0 Å². The van der Waals surface area contributed by atoms with Crippen molar-refractivity contribution in [1.82, 2.24) is 9.71 Å². The van der Waals surface area contributed by atoms with E-state index >= 15 is 0 Å². The fourth-order valence-corrected chi connectivity index (χ4v) is 4.58. The Morgan fingerprint density at radius 3 is 2.45 bits per heavy atom. The number of anilines is 1. The summed E-state index contributed by atoms with van der Waals surface area (Å²) >= 11 is 1.12. The number of ether oxygens (including phenoxy) is 2. The second-order valence-electron chi connectivity index (χ2n) is 6.39. The van der Waals surface area contributed by atoms with E-state index in [0.29, 0.717) is 17.3 Å². The van der Waals surface area contributed by atoms with Crippen LogP contribution in [0, 0.1) is 5.92 Å². The SMILES string of the molecule is COCC(C)CNS(=O)(=O)c1csc(NC(C)c2ccc(OC(F)(F)F)cc2)n1. The maximum absolute atomic E-state index is 12.3. The molecular weight excluding hydrogens is 431 g/mol. The zero-order chi connectivity index (χ0) is 21.7. The molecule has 0 fully saturated rings. The van der Waals surface area contributed by atoms with Crippen LogP contribution < -0.4 is 14.8 Å². The second-order valence-corrected chi connectivity index (χ2v) is 8.96. The van der Waals surface area contributed by atoms with Crippen molar-refractivity contribution in [2.45, 2.75) is 31.3 Å². The van der Waals surface area contributed by atoms with Crippen molar-refractivity contribution in [1.29, 1.82) is 0 Å². The van der Waals surface area contributed by atoms with Gasteiger partial charge >= 0.3 is 6.36 Å². The molecular formula is C17H22F3N3O4S2. The van der Waals surface area contributed by atoms with Crippen molar-refractivity contribution >= 4 is 26.5 Å². The van der Waals surface area contributed by atoms with E-state index in [0.717, 1.165) is 11.3 Å². The van der Waals surface area contributed by atoms with Crippen LogP contribution in [0.2, 0.25) is 0 Å². The van der Waals surface area contributed by atoms with E-state index in [1.807, 2.05) is 6.92 Å². The number of sulfonamides is 1. The summed E-state index contributed by atoms with van der Waals surface area (Å²) in [5.41, 5.74) is 0.686. The molecule has 2 N–H and O–H groups in total. The molecule has 1 aromatic heterocycles. The lowest BCUT2D eigenvalue weighted by Crippen LogP contribution is -2.30. The van der Waals surface area contributed by atoms with E-state index in [9.17, 15) is 21.6 Å². The molecule has 0 bridgehead atoms. The smallest absolute Gasteiger partial charge is 0.406 e. The van der Waals surface area contributed by atoms with Crippen LogP contribution in [0.1, 0.15) is 25.5 Å². The largest absolute Gasteiger partial charge is 0.573 e. The normalized spacial score (nSPS) is 14.4. The van der Waals surface area contributed by atoms with Crippen LogP contribution in [0.5, 0.6) is 5.75 Å². The third-order valence-corrected chi connectivity index (χ3v) is 6.01. The lowest BCUT2D eigenvalue weighted by atomic mass is 10.1. The van der Waals surface area contributed by atoms with E-state index in [-0.39, 0.29) is 29.3 Å². The third-order valence-electron chi connectivity index (χ3n) is 3.79. The number of thiazole rings is 1. The number of hydrogen-bond acceptors (Lipinski definition) is 7. The van der Waals surface area contributed by atoms with Gasteiger partial charge in [0, 0.05) is 25.6 Å². The first kappa shape index (κ1) is 23.4. The van der Waals surface area contributed by atoms with Crippen molar-refractivity contribution in [3.63, 3.8) is 0 Å². The van der Waals surface area contributed by atoms with Gasteiger partial charge in [0.25, 0.3) is 10.0 Å². The highest BCUT2D eigenvalue weighted by Gasteiger charge is 2.31. The summed E-state index contributed by atoms with van der Waals surface area (Å²) in [5, 5.41) is 4.72. The summed E-state index contributed by atoms with van der Waals surface area (Å²) in [7, 11) is -2.20. The number of nitrogens with zero attached hydrogens (tertiary/aromatic N) is 1. The number of benzene rings is 1. The zero-order valence-corrected chi connectivity index (χ0v) is 17.6. The predicted molar refractivity (Wildman–Crippen MR) is 104 cm³/mol. The number of hydrogen-bond donors (Lipinski definition) is 2. The van der Waals surface area contributed by atoms with Crippen LogP contribution in [-0.2, 0) is 14.8 Å². The summed E-state index contributed by atoms with van der Waals surface area (Å²) in [6.45, 7) is 4.28. The van der Waals surface area contributed by atoms with E-state index in [1.165, 1.54) is 29.6 Å². The first-order chi connectivity index (χ1) is 13.5. The van der Waals surface area contributed by atoms with Crippen molar-refractivity contribution in [3.05, 3.63) is 35.2 Å². The Kier molecular flexibility index (Phi) is 7.86. The average Bonchev–Trinajstić information content (AvgIpc) is 3.09. The zero-order valence-electron chi connectivity index (χ0n) is 16.0. The van der Waals surface area contributed by atoms with Gasteiger partial charge in [-0.2, -0.15) is 0 Å². The van der Waals surface area contributed by atoms with Crippen molar-refractivity contribution in [2.24, 2.45) is 5.92 Å². The highest BCUT2D eigenvalue weighted by atomic mass is 32.2. The molecule has 7 nitrogen and oxygen atoms in total. The Hall–Kier alpha value is -1.89. The van der Waals surface area contributed by atoms with Gasteiger partial charge < -0.3 is 14.8 Å². The van der Waals surface area contributed by atoms with Gasteiger partial charge in [-0.1, -0.05) is 19.1 Å². The summed E-state index contributed by atoms with van der Waals surface area (Å²) in [4.78, 5) is 4.09. The Labute approximate surface area is 171 Å². The Balaban J connectivity index is 1.98. The fraction of sp³-hybridized carbons (Fsp3) is 0.471. The summed E-state index contributed by atoms with van der Waals surface area (Å²) in [5.74, 6) is -0.305. The Bertz CT molecular complexity index is 886. The van der Waals surface area contributed by atoms with E-state index < -0.39 is 16.4 Å². The first-order valence-electron chi connectivity index (χ1n) is 8.56. The molecule has 12 heteroatoms. The molecule has 1 aromatic carbocycles. The lowest BCUT2D eigenvalue weighted by molar-refractivity contribution is -0.274. The Morgan fingerprint density at radius 1 is 1.21 bits per heavy atom. The molecule has 29 heavy (non-hydrogen) atoms. The number of aromatic nitrogens is 1. The molecule has 2 rings (SSSR count). The van der Waals surface area contributed by atoms with E-state index in [2.05, 4.69) is 19.8 Å². The minimum absolute atomic E-state index is 0.00956. The van der Waals surface area contributed by atoms with Crippen LogP contribution in [0.3, 0.4) is 0 Å². The van der Waals surface area contributed by atoms with Crippen molar-refractivity contribution in [2.75, 3.05) is 25.6 Å². The minimum atomic E-state index is -4.75. The molecule has 162 valence electrons. The maximum atomic E-state index is 12.3. The molecule has 1 heterocycles. The van der Waals surface area contributed by atoms with Gasteiger partial charge in [-0.05, 0) is 30.5 Å².